The van der Waals surface area contributed by atoms with Crippen molar-refractivity contribution in [1.29, 1.82) is 0 Å². The molecule has 0 amide bonds. The minimum absolute atomic E-state index is 0.210. The third-order valence-electron chi connectivity index (χ3n) is 2.73. The molecule has 98 valence electrons. The summed E-state index contributed by atoms with van der Waals surface area (Å²) in [5.74, 6) is -0.767. The molecule has 2 rings (SSSR count). The van der Waals surface area contributed by atoms with Crippen molar-refractivity contribution >= 4 is 5.97 Å². The lowest BCUT2D eigenvalue weighted by molar-refractivity contribution is 0.0689. The third kappa shape index (κ3) is 3.77. The van der Waals surface area contributed by atoms with E-state index >= 15 is 0 Å². The van der Waals surface area contributed by atoms with Gasteiger partial charge in [0.2, 0.25) is 0 Å². The predicted octanol–water partition coefficient (Wildman–Crippen LogP) is 1.64. The minimum atomic E-state index is -1.18. The van der Waals surface area contributed by atoms with Gasteiger partial charge in [-0.05, 0) is 18.4 Å². The fraction of sp³-hybridized carbons (Fsp3) is 0.214. The fourth-order valence-corrected chi connectivity index (χ4v) is 1.84. The first kappa shape index (κ1) is 13.0. The van der Waals surface area contributed by atoms with Crippen LogP contribution in [-0.2, 0) is 12.8 Å². The lowest BCUT2D eigenvalue weighted by Crippen LogP contribution is -2.15. The first-order valence-corrected chi connectivity index (χ1v) is 6.02. The van der Waals surface area contributed by atoms with Crippen LogP contribution in [0.2, 0.25) is 0 Å². The number of benzene rings is 1. The zero-order valence-corrected chi connectivity index (χ0v) is 10.3. The molecule has 0 spiro atoms. The van der Waals surface area contributed by atoms with E-state index < -0.39 is 11.5 Å². The molecule has 0 aliphatic heterocycles. The van der Waals surface area contributed by atoms with Crippen LogP contribution in [0.15, 0.2) is 41.2 Å². The number of nitrogens with one attached hydrogen (secondary N) is 1. The Balaban J connectivity index is 2.00. The summed E-state index contributed by atoms with van der Waals surface area (Å²) in [6.07, 6.45) is 2.21. The highest BCUT2D eigenvalue weighted by atomic mass is 16.4. The van der Waals surface area contributed by atoms with Crippen molar-refractivity contribution in [1.82, 2.24) is 9.97 Å². The van der Waals surface area contributed by atoms with Gasteiger partial charge in [-0.2, -0.15) is 0 Å². The van der Waals surface area contributed by atoms with Gasteiger partial charge in [0.25, 0.3) is 5.56 Å². The molecule has 5 heteroatoms. The van der Waals surface area contributed by atoms with Gasteiger partial charge in [-0.1, -0.05) is 30.3 Å². The summed E-state index contributed by atoms with van der Waals surface area (Å²) in [4.78, 5) is 28.5. The standard InChI is InChI=1S/C14H14N2O3/c17-13-9-11(14(18)19)15-12(16-13)8-4-7-10-5-2-1-3-6-10/h1-3,5-6,9H,4,7-8H2,(H,18,19)(H,15,16,17). The van der Waals surface area contributed by atoms with Crippen LogP contribution in [0.4, 0.5) is 0 Å². The molecule has 0 radical (unpaired) electrons. The molecule has 0 aliphatic carbocycles. The summed E-state index contributed by atoms with van der Waals surface area (Å²) in [6, 6.07) is 11.0. The molecular weight excluding hydrogens is 244 g/mol. The summed E-state index contributed by atoms with van der Waals surface area (Å²) in [7, 11) is 0. The average Bonchev–Trinajstić information content (AvgIpc) is 2.39. The number of H-pyrrole nitrogens is 1. The third-order valence-corrected chi connectivity index (χ3v) is 2.73. The van der Waals surface area contributed by atoms with E-state index in [2.05, 4.69) is 9.97 Å². The summed E-state index contributed by atoms with van der Waals surface area (Å²) in [5.41, 5.74) is 0.569. The van der Waals surface area contributed by atoms with Gasteiger partial charge < -0.3 is 10.1 Å². The van der Waals surface area contributed by atoms with E-state index in [4.69, 9.17) is 5.11 Å². The number of carboxylic acid groups (broad SMARTS) is 1. The van der Waals surface area contributed by atoms with Crippen molar-refractivity contribution in [3.05, 3.63) is 63.8 Å². The summed E-state index contributed by atoms with van der Waals surface area (Å²) < 4.78 is 0. The zero-order chi connectivity index (χ0) is 13.7. The van der Waals surface area contributed by atoms with E-state index in [1.54, 1.807) is 0 Å². The number of rotatable bonds is 5. The number of carboxylic acids is 1. The molecular formula is C14H14N2O3. The molecule has 2 aromatic rings. The van der Waals surface area contributed by atoms with Crippen LogP contribution in [0.25, 0.3) is 0 Å². The Labute approximate surface area is 110 Å². The molecule has 0 saturated heterocycles. The van der Waals surface area contributed by atoms with Crippen LogP contribution in [0.1, 0.15) is 28.3 Å². The number of aromatic amines is 1. The molecule has 0 atom stereocenters. The second-order valence-electron chi connectivity index (χ2n) is 4.22. The monoisotopic (exact) mass is 258 g/mol. The Morgan fingerprint density at radius 2 is 1.95 bits per heavy atom. The molecule has 1 aromatic heterocycles. The van der Waals surface area contributed by atoms with Gasteiger partial charge >= 0.3 is 5.97 Å². The molecule has 19 heavy (non-hydrogen) atoms. The number of aromatic nitrogens is 2. The Kier molecular flexibility index (Phi) is 4.07. The lowest BCUT2D eigenvalue weighted by atomic mass is 10.1. The predicted molar refractivity (Wildman–Crippen MR) is 70.3 cm³/mol. The van der Waals surface area contributed by atoms with Crippen LogP contribution in [0.3, 0.4) is 0 Å². The molecule has 0 fully saturated rings. The van der Waals surface area contributed by atoms with Gasteiger partial charge in [0.05, 0.1) is 0 Å². The van der Waals surface area contributed by atoms with Crippen molar-refractivity contribution in [2.45, 2.75) is 19.3 Å². The lowest BCUT2D eigenvalue weighted by Gasteiger charge is -2.02. The van der Waals surface area contributed by atoms with Crippen LogP contribution >= 0.6 is 0 Å². The SMILES string of the molecule is O=C(O)c1cc(=O)[nH]c(CCCc2ccccc2)n1. The van der Waals surface area contributed by atoms with Crippen LogP contribution in [-0.4, -0.2) is 21.0 Å². The Bertz CT molecular complexity index is 620. The molecule has 0 aliphatic rings. The quantitative estimate of drug-likeness (QED) is 0.854. The van der Waals surface area contributed by atoms with E-state index in [-0.39, 0.29) is 5.69 Å². The molecule has 0 bridgehead atoms. The highest BCUT2D eigenvalue weighted by molar-refractivity contribution is 5.85. The van der Waals surface area contributed by atoms with E-state index in [1.165, 1.54) is 5.56 Å². The van der Waals surface area contributed by atoms with Crippen molar-refractivity contribution < 1.29 is 9.90 Å². The first-order valence-electron chi connectivity index (χ1n) is 6.02. The van der Waals surface area contributed by atoms with Crippen LogP contribution in [0.5, 0.6) is 0 Å². The maximum absolute atomic E-state index is 11.3. The summed E-state index contributed by atoms with van der Waals surface area (Å²) in [5, 5.41) is 8.82. The van der Waals surface area contributed by atoms with Gasteiger partial charge in [-0.25, -0.2) is 9.78 Å². The second-order valence-corrected chi connectivity index (χ2v) is 4.22. The largest absolute Gasteiger partial charge is 0.477 e. The maximum Gasteiger partial charge on any atom is 0.354 e. The van der Waals surface area contributed by atoms with Crippen molar-refractivity contribution in [2.24, 2.45) is 0 Å². The molecule has 5 nitrogen and oxygen atoms in total. The highest BCUT2D eigenvalue weighted by Gasteiger charge is 2.07. The van der Waals surface area contributed by atoms with E-state index in [0.29, 0.717) is 12.2 Å². The van der Waals surface area contributed by atoms with Gasteiger partial charge in [-0.3, -0.25) is 4.79 Å². The Morgan fingerprint density at radius 1 is 1.21 bits per heavy atom. The van der Waals surface area contributed by atoms with E-state index in [9.17, 15) is 9.59 Å². The van der Waals surface area contributed by atoms with Crippen molar-refractivity contribution in [2.75, 3.05) is 0 Å². The minimum Gasteiger partial charge on any atom is -0.477 e. The summed E-state index contributed by atoms with van der Waals surface area (Å²) in [6.45, 7) is 0. The molecule has 1 heterocycles. The van der Waals surface area contributed by atoms with Gasteiger partial charge in [-0.15, -0.1) is 0 Å². The maximum atomic E-state index is 11.3. The van der Waals surface area contributed by atoms with Gasteiger partial charge in [0.15, 0.2) is 5.69 Å². The number of aromatic carboxylic acids is 1. The highest BCUT2D eigenvalue weighted by Crippen LogP contribution is 2.05. The average molecular weight is 258 g/mol. The molecule has 1 aromatic carbocycles. The number of nitrogens with zero attached hydrogens (tertiary/aromatic N) is 1. The van der Waals surface area contributed by atoms with E-state index in [0.717, 1.165) is 18.9 Å². The normalized spacial score (nSPS) is 10.3. The Morgan fingerprint density at radius 3 is 2.63 bits per heavy atom. The number of carbonyl (C=O) groups is 1. The fourth-order valence-electron chi connectivity index (χ4n) is 1.84. The number of hydrogen-bond donors (Lipinski definition) is 2. The Hall–Kier alpha value is -2.43. The van der Waals surface area contributed by atoms with Crippen molar-refractivity contribution in [3.8, 4) is 0 Å². The zero-order valence-electron chi connectivity index (χ0n) is 10.3. The number of hydrogen-bond acceptors (Lipinski definition) is 3. The summed E-state index contributed by atoms with van der Waals surface area (Å²) >= 11 is 0. The number of aryl methyl sites for hydroxylation is 2. The van der Waals surface area contributed by atoms with Gasteiger partial charge in [0, 0.05) is 12.5 Å². The first-order chi connectivity index (χ1) is 9.15. The second kappa shape index (κ2) is 5.95. The van der Waals surface area contributed by atoms with Crippen molar-refractivity contribution in [3.63, 3.8) is 0 Å². The van der Waals surface area contributed by atoms with Gasteiger partial charge in [0.1, 0.15) is 5.82 Å². The molecule has 0 saturated carbocycles. The molecule has 0 unspecified atom stereocenters. The molecule has 2 N–H and O–H groups in total. The smallest absolute Gasteiger partial charge is 0.354 e. The topological polar surface area (TPSA) is 83.0 Å². The van der Waals surface area contributed by atoms with Crippen LogP contribution < -0.4 is 5.56 Å². The van der Waals surface area contributed by atoms with Crippen LogP contribution in [0, 0.1) is 0 Å². The van der Waals surface area contributed by atoms with E-state index in [1.807, 2.05) is 30.3 Å².